The number of hydrogen-bond donors (Lipinski definition) is 0. The van der Waals surface area contributed by atoms with E-state index >= 15 is 0 Å². The van der Waals surface area contributed by atoms with Crippen LogP contribution in [0.5, 0.6) is 0 Å². The molecule has 0 fully saturated rings. The highest BCUT2D eigenvalue weighted by atomic mass is 31.2. The van der Waals surface area contributed by atoms with E-state index in [-0.39, 0.29) is 18.0 Å². The van der Waals surface area contributed by atoms with Gasteiger partial charge in [-0.25, -0.2) is 0 Å². The molecule has 1 atom stereocenters. The van der Waals surface area contributed by atoms with E-state index in [1.807, 2.05) is 6.92 Å². The van der Waals surface area contributed by atoms with Gasteiger partial charge in [-0.1, -0.05) is 6.92 Å². The minimum atomic E-state index is -3.23. The van der Waals surface area contributed by atoms with Crippen LogP contribution in [0, 0.1) is 0 Å². The average Bonchev–Trinajstić information content (AvgIpc) is 2.32. The summed E-state index contributed by atoms with van der Waals surface area (Å²) in [5.41, 5.74) is 0. The minimum Gasteiger partial charge on any atom is -0.415 e. The Bertz CT molecular complexity index is 319. The molecule has 0 aromatic heterocycles. The molecule has 0 saturated heterocycles. The van der Waals surface area contributed by atoms with Gasteiger partial charge in [-0.05, 0) is 32.5 Å². The molecule has 0 amide bonds. The van der Waals surface area contributed by atoms with Crippen molar-refractivity contribution in [3.8, 4) is 0 Å². The van der Waals surface area contributed by atoms with Gasteiger partial charge in [0, 0.05) is 26.7 Å². The summed E-state index contributed by atoms with van der Waals surface area (Å²) in [6.45, 7) is 8.43. The van der Waals surface area contributed by atoms with E-state index < -0.39 is 15.9 Å². The van der Waals surface area contributed by atoms with Crippen LogP contribution in [0.25, 0.3) is 0 Å². The predicted molar refractivity (Wildman–Crippen MR) is 79.2 cm³/mol. The molecule has 0 saturated carbocycles. The van der Waals surface area contributed by atoms with E-state index in [1.54, 1.807) is 0 Å². The van der Waals surface area contributed by atoms with Crippen LogP contribution in [-0.2, 0) is 22.8 Å². The molecule has 0 radical (unpaired) electrons. The lowest BCUT2D eigenvalue weighted by molar-refractivity contribution is -0.117. The van der Waals surface area contributed by atoms with Crippen molar-refractivity contribution in [3.63, 3.8) is 0 Å². The third kappa shape index (κ3) is 8.71. The highest BCUT2D eigenvalue weighted by Crippen LogP contribution is 2.46. The fourth-order valence-corrected chi connectivity index (χ4v) is 3.95. The minimum absolute atomic E-state index is 0.0973. The number of carbonyl (C=O) groups excluding carboxylic acids is 1. The first-order valence-electron chi connectivity index (χ1n) is 6.56. The lowest BCUT2D eigenvalue weighted by Gasteiger charge is -2.25. The highest BCUT2D eigenvalue weighted by Gasteiger charge is 2.26. The summed E-state index contributed by atoms with van der Waals surface area (Å²) in [5, 5.41) is 0. The lowest BCUT2D eigenvalue weighted by atomic mass is 10.1. The topological polar surface area (TPSA) is 61.8 Å². The van der Waals surface area contributed by atoms with Crippen LogP contribution >= 0.6 is 7.60 Å². The molecule has 5 nitrogen and oxygen atoms in total. The number of Topliss-reactive ketones (excluding diaryl/α,β-unsaturated/α-hetero) is 1. The monoisotopic (exact) mass is 310 g/mol. The number of carbonyl (C=O) groups is 1. The Morgan fingerprint density at radius 1 is 1.21 bits per heavy atom. The predicted octanol–water partition coefficient (Wildman–Crippen LogP) is 3.45. The smallest absolute Gasteiger partial charge is 0.337 e. The van der Waals surface area contributed by atoms with Gasteiger partial charge in [0.05, 0.1) is 0 Å². The van der Waals surface area contributed by atoms with Crippen molar-refractivity contribution in [1.29, 1.82) is 0 Å². The Labute approximate surface area is 117 Å². The molecule has 0 N–H and O–H groups in total. The Kier molecular flexibility index (Phi) is 8.32. The maximum atomic E-state index is 11.8. The molecule has 114 valence electrons. The van der Waals surface area contributed by atoms with Crippen molar-refractivity contribution in [3.05, 3.63) is 0 Å². The summed E-state index contributed by atoms with van der Waals surface area (Å²) in [5.74, 6) is -0.107. The lowest BCUT2D eigenvalue weighted by Crippen LogP contribution is -2.32. The van der Waals surface area contributed by atoms with Crippen molar-refractivity contribution >= 4 is 21.7 Å². The van der Waals surface area contributed by atoms with Gasteiger partial charge in [0.15, 0.2) is 8.32 Å². The van der Waals surface area contributed by atoms with E-state index in [0.717, 1.165) is 6.42 Å². The molecule has 1 unspecified atom stereocenters. The quantitative estimate of drug-likeness (QED) is 0.457. The molecule has 19 heavy (non-hydrogen) atoms. The first kappa shape index (κ1) is 19.0. The first-order valence-corrected chi connectivity index (χ1v) is 11.7. The summed E-state index contributed by atoms with van der Waals surface area (Å²) >= 11 is 0. The van der Waals surface area contributed by atoms with Gasteiger partial charge in [-0.15, -0.1) is 0 Å². The SMILES string of the molecule is CCC(CCC(=O)CP(=O)(OC)OC)O[Si](C)(C)C. The Morgan fingerprint density at radius 3 is 2.11 bits per heavy atom. The van der Waals surface area contributed by atoms with Crippen molar-refractivity contribution in [1.82, 2.24) is 0 Å². The molecule has 0 bridgehead atoms. The zero-order chi connectivity index (χ0) is 15.1. The fourth-order valence-electron chi connectivity index (χ4n) is 1.67. The zero-order valence-electron chi connectivity index (χ0n) is 12.9. The average molecular weight is 310 g/mol. The third-order valence-corrected chi connectivity index (χ3v) is 5.54. The van der Waals surface area contributed by atoms with Crippen molar-refractivity contribution in [2.75, 3.05) is 20.4 Å². The van der Waals surface area contributed by atoms with Crippen molar-refractivity contribution < 1.29 is 22.8 Å². The van der Waals surface area contributed by atoms with Crippen molar-refractivity contribution in [2.24, 2.45) is 0 Å². The van der Waals surface area contributed by atoms with Crippen LogP contribution in [0.3, 0.4) is 0 Å². The second kappa shape index (κ2) is 8.32. The number of ketones is 1. The van der Waals surface area contributed by atoms with Gasteiger partial charge in [-0.3, -0.25) is 9.36 Å². The van der Waals surface area contributed by atoms with Crippen LogP contribution < -0.4 is 0 Å². The molecule has 0 aliphatic rings. The summed E-state index contributed by atoms with van der Waals surface area (Å²) < 4.78 is 27.3. The Balaban J connectivity index is 4.24. The largest absolute Gasteiger partial charge is 0.415 e. The molecule has 0 aromatic rings. The van der Waals surface area contributed by atoms with Crippen LogP contribution in [-0.4, -0.2) is 40.6 Å². The van der Waals surface area contributed by atoms with Crippen LogP contribution in [0.2, 0.25) is 19.6 Å². The Morgan fingerprint density at radius 2 is 1.74 bits per heavy atom. The number of rotatable bonds is 10. The fraction of sp³-hybridized carbons (Fsp3) is 0.917. The maximum Gasteiger partial charge on any atom is 0.337 e. The summed E-state index contributed by atoms with van der Waals surface area (Å²) in [6.07, 6.45) is 1.82. The molecule has 0 aliphatic carbocycles. The Hall–Kier alpha value is -0.00312. The van der Waals surface area contributed by atoms with Gasteiger partial charge >= 0.3 is 7.60 Å². The van der Waals surface area contributed by atoms with Crippen LogP contribution in [0.1, 0.15) is 26.2 Å². The van der Waals surface area contributed by atoms with Crippen LogP contribution in [0.15, 0.2) is 0 Å². The molecule has 0 aromatic carbocycles. The second-order valence-electron chi connectivity index (χ2n) is 5.47. The maximum absolute atomic E-state index is 11.8. The molecular weight excluding hydrogens is 283 g/mol. The molecule has 0 aliphatic heterocycles. The highest BCUT2D eigenvalue weighted by molar-refractivity contribution is 7.54. The number of hydrogen-bond acceptors (Lipinski definition) is 5. The van der Waals surface area contributed by atoms with E-state index in [4.69, 9.17) is 13.5 Å². The third-order valence-electron chi connectivity index (χ3n) is 2.65. The van der Waals surface area contributed by atoms with Gasteiger partial charge in [0.1, 0.15) is 11.9 Å². The summed E-state index contributed by atoms with van der Waals surface area (Å²) in [4.78, 5) is 11.8. The van der Waals surface area contributed by atoms with Gasteiger partial charge in [-0.2, -0.15) is 0 Å². The van der Waals surface area contributed by atoms with Gasteiger partial charge < -0.3 is 13.5 Å². The molecule has 0 spiro atoms. The van der Waals surface area contributed by atoms with E-state index in [2.05, 4.69) is 19.6 Å². The van der Waals surface area contributed by atoms with Crippen molar-refractivity contribution in [2.45, 2.75) is 51.9 Å². The van der Waals surface area contributed by atoms with Crippen LogP contribution in [0.4, 0.5) is 0 Å². The van der Waals surface area contributed by atoms with E-state index in [1.165, 1.54) is 14.2 Å². The first-order chi connectivity index (χ1) is 8.65. The van der Waals surface area contributed by atoms with Gasteiger partial charge in [0.2, 0.25) is 0 Å². The molecule has 0 rings (SSSR count). The molecule has 0 heterocycles. The van der Waals surface area contributed by atoms with E-state index in [0.29, 0.717) is 12.8 Å². The second-order valence-corrected chi connectivity index (χ2v) is 12.2. The normalized spacial score (nSPS) is 14.4. The van der Waals surface area contributed by atoms with E-state index in [9.17, 15) is 9.36 Å². The molecular formula is C12H27O5PSi. The zero-order valence-corrected chi connectivity index (χ0v) is 14.8. The standard InChI is InChI=1S/C12H27O5PSi/c1-7-12(17-19(4,5)6)9-8-11(13)10-18(14,15-2)16-3/h12H,7-10H2,1-6H3. The van der Waals surface area contributed by atoms with Gasteiger partial charge in [0.25, 0.3) is 0 Å². The summed E-state index contributed by atoms with van der Waals surface area (Å²) in [6, 6.07) is 0. The summed E-state index contributed by atoms with van der Waals surface area (Å²) in [7, 11) is -2.23. The molecule has 7 heteroatoms.